The summed E-state index contributed by atoms with van der Waals surface area (Å²) in [7, 11) is 0. The average Bonchev–Trinajstić information content (AvgIpc) is 3.27. The number of hydrogen-bond acceptors (Lipinski definition) is 4. The lowest BCUT2D eigenvalue weighted by Crippen LogP contribution is -2.21. The minimum absolute atomic E-state index is 0.334. The smallest absolute Gasteiger partial charge is 0.160 e. The molecule has 2 aliphatic carbocycles. The first-order valence-corrected chi connectivity index (χ1v) is 19.9. The topological polar surface area (TPSA) is 46.8 Å². The van der Waals surface area contributed by atoms with Crippen molar-refractivity contribution in [3.05, 3.63) is 228 Å². The van der Waals surface area contributed by atoms with E-state index in [1.54, 1.807) is 0 Å². The molecule has 6 aromatic rings. The van der Waals surface area contributed by atoms with Crippen molar-refractivity contribution in [2.45, 2.75) is 26.2 Å². The molecule has 5 aromatic carbocycles. The highest BCUT2D eigenvalue weighted by Crippen LogP contribution is 2.46. The van der Waals surface area contributed by atoms with Crippen molar-refractivity contribution in [1.82, 2.24) is 4.98 Å². The monoisotopic (exact) mass is 737 g/mol. The Bertz CT molecular complexity index is 2580. The number of pyridine rings is 1. The minimum Gasteiger partial charge on any atom is -0.457 e. The number of amidine groups is 1. The number of nitrogens with zero attached hydrogens (tertiary/aromatic N) is 3. The third-order valence-corrected chi connectivity index (χ3v) is 11.0. The summed E-state index contributed by atoms with van der Waals surface area (Å²) in [4.78, 5) is 15.0. The molecule has 57 heavy (non-hydrogen) atoms. The molecule has 1 aliphatic heterocycles. The standard InChI is InChI=1S/C53H43N3O/c1-2-45-46-18-9-10-19-47(46)48(36-49(45)52-20-11-12-35-54-52)39-25-23-37(24-26-39)38-27-31-43(32-28-38)57-44-33-29-42(30-34-44)53-55-50(40-14-5-3-6-15-40)21-13-22-51(56-53)41-16-7-4-8-17-41/h3-12,14-21,23-36,45-46H,2,13,22H2,1H3/b50-21-,55-53?,56-51?. The predicted octanol–water partition coefficient (Wildman–Crippen LogP) is 13.2. The van der Waals surface area contributed by atoms with Crippen molar-refractivity contribution >= 4 is 28.4 Å². The number of benzene rings is 5. The zero-order valence-electron chi connectivity index (χ0n) is 32.0. The van der Waals surface area contributed by atoms with Gasteiger partial charge in [-0.1, -0.05) is 140 Å². The van der Waals surface area contributed by atoms with Gasteiger partial charge in [0.1, 0.15) is 11.5 Å². The lowest BCUT2D eigenvalue weighted by atomic mass is 9.70. The molecule has 2 heterocycles. The zero-order chi connectivity index (χ0) is 38.4. The molecule has 1 aromatic heterocycles. The van der Waals surface area contributed by atoms with Crippen molar-refractivity contribution in [1.29, 1.82) is 0 Å². The van der Waals surface area contributed by atoms with E-state index in [0.29, 0.717) is 17.7 Å². The summed E-state index contributed by atoms with van der Waals surface area (Å²) in [5, 5.41) is 0. The molecular formula is C53H43N3O. The van der Waals surface area contributed by atoms with Gasteiger partial charge in [-0.15, -0.1) is 0 Å². The summed E-state index contributed by atoms with van der Waals surface area (Å²) in [6, 6.07) is 52.2. The van der Waals surface area contributed by atoms with Gasteiger partial charge in [-0.25, -0.2) is 9.98 Å². The van der Waals surface area contributed by atoms with Gasteiger partial charge in [-0.3, -0.25) is 4.98 Å². The number of aromatic nitrogens is 1. The first-order chi connectivity index (χ1) is 28.2. The number of fused-ring (bicyclic) bond motifs is 1. The van der Waals surface area contributed by atoms with Crippen LogP contribution in [0.2, 0.25) is 0 Å². The summed E-state index contributed by atoms with van der Waals surface area (Å²) in [6.07, 6.45) is 18.2. The minimum atomic E-state index is 0.334. The quantitative estimate of drug-likeness (QED) is 0.148. The summed E-state index contributed by atoms with van der Waals surface area (Å²) < 4.78 is 6.33. The summed E-state index contributed by atoms with van der Waals surface area (Å²) in [5.41, 5.74) is 13.6. The molecule has 9 rings (SSSR count). The van der Waals surface area contributed by atoms with E-state index in [0.717, 1.165) is 75.7 Å². The fraction of sp³-hybridized carbons (Fsp3) is 0.113. The van der Waals surface area contributed by atoms with Crippen LogP contribution < -0.4 is 4.74 Å². The Morgan fingerprint density at radius 2 is 1.23 bits per heavy atom. The van der Waals surface area contributed by atoms with Crippen LogP contribution in [0.5, 0.6) is 11.5 Å². The molecule has 4 heteroatoms. The number of allylic oxidation sites excluding steroid dienone is 9. The maximum absolute atomic E-state index is 6.33. The zero-order valence-corrected chi connectivity index (χ0v) is 32.0. The Kier molecular flexibility index (Phi) is 10.3. The van der Waals surface area contributed by atoms with Gasteiger partial charge in [0.15, 0.2) is 5.84 Å². The van der Waals surface area contributed by atoms with Crippen LogP contribution in [0.3, 0.4) is 0 Å². The summed E-state index contributed by atoms with van der Waals surface area (Å²) in [6.45, 7) is 2.28. The molecule has 2 unspecified atom stereocenters. The highest BCUT2D eigenvalue weighted by molar-refractivity contribution is 6.14. The van der Waals surface area contributed by atoms with Crippen molar-refractivity contribution in [2.24, 2.45) is 21.8 Å². The van der Waals surface area contributed by atoms with Crippen LogP contribution in [0.1, 0.15) is 54.1 Å². The van der Waals surface area contributed by atoms with Gasteiger partial charge >= 0.3 is 0 Å². The van der Waals surface area contributed by atoms with E-state index < -0.39 is 0 Å². The van der Waals surface area contributed by atoms with Gasteiger partial charge in [0, 0.05) is 17.7 Å². The molecule has 276 valence electrons. The molecule has 0 saturated carbocycles. The highest BCUT2D eigenvalue weighted by atomic mass is 16.5. The van der Waals surface area contributed by atoms with Gasteiger partial charge in [0.2, 0.25) is 0 Å². The fourth-order valence-corrected chi connectivity index (χ4v) is 8.08. The first kappa shape index (κ1) is 35.8. The Balaban J connectivity index is 0.934. The van der Waals surface area contributed by atoms with Gasteiger partial charge in [0.05, 0.1) is 17.1 Å². The average molecular weight is 738 g/mol. The Labute approximate surface area is 335 Å². The van der Waals surface area contributed by atoms with Crippen LogP contribution in [0.25, 0.3) is 28.0 Å². The van der Waals surface area contributed by atoms with Crippen LogP contribution in [0, 0.1) is 11.8 Å². The predicted molar refractivity (Wildman–Crippen MR) is 236 cm³/mol. The van der Waals surface area contributed by atoms with E-state index >= 15 is 0 Å². The molecule has 0 saturated heterocycles. The number of ether oxygens (including phenoxy) is 1. The van der Waals surface area contributed by atoms with Crippen LogP contribution in [0.15, 0.2) is 210 Å². The van der Waals surface area contributed by atoms with Crippen LogP contribution >= 0.6 is 0 Å². The second-order valence-electron chi connectivity index (χ2n) is 14.6. The lowest BCUT2D eigenvalue weighted by Gasteiger charge is -2.34. The highest BCUT2D eigenvalue weighted by Gasteiger charge is 2.32. The van der Waals surface area contributed by atoms with Crippen molar-refractivity contribution in [3.8, 4) is 22.6 Å². The fourth-order valence-electron chi connectivity index (χ4n) is 8.08. The molecule has 0 bridgehead atoms. The maximum atomic E-state index is 6.33. The van der Waals surface area contributed by atoms with Crippen LogP contribution in [-0.4, -0.2) is 16.5 Å². The molecule has 4 nitrogen and oxygen atoms in total. The van der Waals surface area contributed by atoms with Gasteiger partial charge in [-0.2, -0.15) is 0 Å². The summed E-state index contributed by atoms with van der Waals surface area (Å²) in [5.74, 6) is 2.95. The molecular weight excluding hydrogens is 695 g/mol. The molecule has 0 radical (unpaired) electrons. The summed E-state index contributed by atoms with van der Waals surface area (Å²) >= 11 is 0. The number of aliphatic imine (C=N–C) groups is 2. The van der Waals surface area contributed by atoms with E-state index in [1.807, 2.05) is 72.9 Å². The van der Waals surface area contributed by atoms with E-state index in [4.69, 9.17) is 19.7 Å². The van der Waals surface area contributed by atoms with E-state index in [-0.39, 0.29) is 0 Å². The normalized spacial score (nSPS) is 18.6. The van der Waals surface area contributed by atoms with Gasteiger partial charge < -0.3 is 4.74 Å². The maximum Gasteiger partial charge on any atom is 0.160 e. The third kappa shape index (κ3) is 7.81. The van der Waals surface area contributed by atoms with Crippen molar-refractivity contribution in [2.75, 3.05) is 0 Å². The molecule has 3 aliphatic rings. The Hall–Kier alpha value is -6.91. The van der Waals surface area contributed by atoms with E-state index in [1.165, 1.54) is 22.3 Å². The second-order valence-corrected chi connectivity index (χ2v) is 14.6. The number of rotatable bonds is 9. The van der Waals surface area contributed by atoms with Crippen LogP contribution in [0.4, 0.5) is 0 Å². The first-order valence-electron chi connectivity index (χ1n) is 19.9. The molecule has 0 spiro atoms. The second kappa shape index (κ2) is 16.4. The SMILES string of the molecule is CCC1C(c2ccccn2)=CC(c2ccc(-c3ccc(Oc4ccc(C5=N/C(c6ccccc6)=C\CCC(c6ccccc6)=N5)cc4)cc3)cc2)=C2C=CC=CC21. The Morgan fingerprint density at radius 3 is 1.89 bits per heavy atom. The Morgan fingerprint density at radius 1 is 0.596 bits per heavy atom. The molecule has 2 atom stereocenters. The molecule has 0 fully saturated rings. The van der Waals surface area contributed by atoms with Gasteiger partial charge in [-0.05, 0) is 124 Å². The molecule has 0 amide bonds. The van der Waals surface area contributed by atoms with Gasteiger partial charge in [0.25, 0.3) is 0 Å². The lowest BCUT2D eigenvalue weighted by molar-refractivity contribution is 0.483. The van der Waals surface area contributed by atoms with E-state index in [2.05, 4.69) is 128 Å². The molecule has 0 N–H and O–H groups in total. The van der Waals surface area contributed by atoms with Crippen LogP contribution in [-0.2, 0) is 0 Å². The largest absolute Gasteiger partial charge is 0.457 e. The van der Waals surface area contributed by atoms with E-state index in [9.17, 15) is 0 Å². The van der Waals surface area contributed by atoms with Crippen molar-refractivity contribution in [3.63, 3.8) is 0 Å². The van der Waals surface area contributed by atoms with Crippen molar-refractivity contribution < 1.29 is 4.74 Å². The number of hydrogen-bond donors (Lipinski definition) is 0. The third-order valence-electron chi connectivity index (χ3n) is 11.0.